The third-order valence-corrected chi connectivity index (χ3v) is 7.95. The lowest BCUT2D eigenvalue weighted by Gasteiger charge is -2.27. The lowest BCUT2D eigenvalue weighted by atomic mass is 9.95. The Morgan fingerprint density at radius 3 is 2.48 bits per heavy atom. The molecule has 1 saturated heterocycles. The molecule has 1 fully saturated rings. The molecule has 0 radical (unpaired) electrons. The molecule has 1 aliphatic rings. The summed E-state index contributed by atoms with van der Waals surface area (Å²) in [5.41, 5.74) is 7.78. The number of H-pyrrole nitrogens is 1. The van der Waals surface area contributed by atoms with Crippen LogP contribution >= 0.6 is 0 Å². The molecule has 1 aliphatic heterocycles. The minimum Gasteiger partial charge on any atom is -0.496 e. The number of hydrogen-bond donors (Lipinski definition) is 1. The maximum Gasteiger partial charge on any atom is 0.142 e. The second-order valence-corrected chi connectivity index (χ2v) is 10.5. The summed E-state index contributed by atoms with van der Waals surface area (Å²) >= 11 is 0. The molecule has 3 aromatic heterocycles. The molecule has 0 bridgehead atoms. The van der Waals surface area contributed by atoms with Gasteiger partial charge < -0.3 is 19.0 Å². The lowest BCUT2D eigenvalue weighted by Crippen LogP contribution is -2.35. The highest BCUT2D eigenvalue weighted by Gasteiger charge is 2.22. The first-order valence-corrected chi connectivity index (χ1v) is 13.6. The summed E-state index contributed by atoms with van der Waals surface area (Å²) in [6.45, 7) is 10.2. The Hall–Kier alpha value is -4.27. The number of ether oxygens (including phenoxy) is 2. The van der Waals surface area contributed by atoms with Crippen LogP contribution in [0.5, 0.6) is 5.75 Å². The van der Waals surface area contributed by atoms with Crippen molar-refractivity contribution >= 4 is 32.7 Å². The molecule has 0 saturated carbocycles. The number of aryl methyl sites for hydroxylation is 3. The molecule has 6 aromatic rings. The molecule has 3 aromatic carbocycles. The van der Waals surface area contributed by atoms with Crippen LogP contribution in [0.15, 0.2) is 53.1 Å². The van der Waals surface area contributed by atoms with Gasteiger partial charge in [0.2, 0.25) is 0 Å². The summed E-state index contributed by atoms with van der Waals surface area (Å²) in [6, 6.07) is 17.3. The monoisotopic (exact) mass is 533 g/mol. The van der Waals surface area contributed by atoms with E-state index in [9.17, 15) is 0 Å². The first-order chi connectivity index (χ1) is 19.5. The molecule has 7 rings (SSSR count). The SMILES string of the molecule is COc1cc2c(cc1-c1c(C)noc1C)[nH]c1nc(C)nc(-c3ccc(CN4CCOCC4)c4ccccc34)c12. The van der Waals surface area contributed by atoms with Crippen molar-refractivity contribution in [1.82, 2.24) is 25.0 Å². The van der Waals surface area contributed by atoms with Crippen LogP contribution in [-0.4, -0.2) is 58.4 Å². The van der Waals surface area contributed by atoms with Crippen LogP contribution in [-0.2, 0) is 11.3 Å². The van der Waals surface area contributed by atoms with E-state index < -0.39 is 0 Å². The van der Waals surface area contributed by atoms with E-state index in [0.717, 1.165) is 94.4 Å². The summed E-state index contributed by atoms with van der Waals surface area (Å²) in [5.74, 6) is 2.22. The van der Waals surface area contributed by atoms with Gasteiger partial charge in [-0.3, -0.25) is 4.90 Å². The highest BCUT2D eigenvalue weighted by atomic mass is 16.5. The van der Waals surface area contributed by atoms with Crippen LogP contribution in [0.1, 0.15) is 22.8 Å². The molecule has 4 heterocycles. The fourth-order valence-electron chi connectivity index (χ4n) is 6.07. The van der Waals surface area contributed by atoms with Crippen LogP contribution in [0.3, 0.4) is 0 Å². The predicted molar refractivity (Wildman–Crippen MR) is 157 cm³/mol. The van der Waals surface area contributed by atoms with Gasteiger partial charge in [0.05, 0.1) is 42.7 Å². The minimum absolute atomic E-state index is 0.716. The van der Waals surface area contributed by atoms with Gasteiger partial charge in [0.15, 0.2) is 0 Å². The fourth-order valence-corrected chi connectivity index (χ4v) is 6.07. The average molecular weight is 534 g/mol. The van der Waals surface area contributed by atoms with Crippen molar-refractivity contribution in [2.45, 2.75) is 27.3 Å². The second-order valence-electron chi connectivity index (χ2n) is 10.5. The predicted octanol–water partition coefficient (Wildman–Crippen LogP) is 6.35. The maximum atomic E-state index is 5.90. The van der Waals surface area contributed by atoms with E-state index in [4.69, 9.17) is 24.0 Å². The third kappa shape index (κ3) is 4.03. The Morgan fingerprint density at radius 2 is 1.73 bits per heavy atom. The maximum absolute atomic E-state index is 5.90. The number of aromatic amines is 1. The van der Waals surface area contributed by atoms with E-state index >= 15 is 0 Å². The van der Waals surface area contributed by atoms with Gasteiger partial charge in [0.25, 0.3) is 0 Å². The number of hydrogen-bond acceptors (Lipinski definition) is 7. The first kappa shape index (κ1) is 24.7. The Bertz CT molecular complexity index is 1880. The van der Waals surface area contributed by atoms with Gasteiger partial charge >= 0.3 is 0 Å². The number of fused-ring (bicyclic) bond motifs is 4. The molecule has 0 amide bonds. The zero-order chi connectivity index (χ0) is 27.4. The molecular formula is C32H31N5O3. The standard InChI is InChI=1S/C32H31N5O3/c1-18-29(19(2)40-36-18)26-15-27-25(16-28(26)38-4)30-31(33-20(3)34-32(30)35-27)24-10-9-21(17-37-11-13-39-14-12-37)22-7-5-6-8-23(22)24/h5-10,15-16H,11-14,17H2,1-4H3,(H,33,34,35). The summed E-state index contributed by atoms with van der Waals surface area (Å²) in [4.78, 5) is 15.8. The zero-order valence-electron chi connectivity index (χ0n) is 23.2. The van der Waals surface area contributed by atoms with Gasteiger partial charge in [-0.15, -0.1) is 0 Å². The Kier molecular flexibility index (Phi) is 6.02. The van der Waals surface area contributed by atoms with Crippen molar-refractivity contribution in [2.24, 2.45) is 0 Å². The average Bonchev–Trinajstić information content (AvgIpc) is 3.50. The van der Waals surface area contributed by atoms with Crippen LogP contribution < -0.4 is 4.74 Å². The molecular weight excluding hydrogens is 502 g/mol. The van der Waals surface area contributed by atoms with Crippen LogP contribution in [0.25, 0.3) is 55.1 Å². The number of rotatable bonds is 5. The number of nitrogens with zero attached hydrogens (tertiary/aromatic N) is 4. The van der Waals surface area contributed by atoms with Gasteiger partial charge in [0, 0.05) is 41.7 Å². The fraction of sp³-hybridized carbons (Fsp3) is 0.281. The van der Waals surface area contributed by atoms with Crippen molar-refractivity contribution in [3.05, 3.63) is 71.4 Å². The van der Waals surface area contributed by atoms with Crippen LogP contribution in [0.2, 0.25) is 0 Å². The highest BCUT2D eigenvalue weighted by molar-refractivity contribution is 6.16. The molecule has 8 heteroatoms. The summed E-state index contributed by atoms with van der Waals surface area (Å²) < 4.78 is 16.9. The number of aromatic nitrogens is 4. The van der Waals surface area contributed by atoms with Crippen molar-refractivity contribution in [3.63, 3.8) is 0 Å². The molecule has 0 atom stereocenters. The van der Waals surface area contributed by atoms with Gasteiger partial charge in [-0.25, -0.2) is 9.97 Å². The molecule has 202 valence electrons. The summed E-state index contributed by atoms with van der Waals surface area (Å²) in [5, 5.41) is 8.58. The number of methoxy groups -OCH3 is 1. The lowest BCUT2D eigenvalue weighted by molar-refractivity contribution is 0.0344. The molecule has 40 heavy (non-hydrogen) atoms. The summed E-state index contributed by atoms with van der Waals surface area (Å²) in [7, 11) is 1.69. The third-order valence-electron chi connectivity index (χ3n) is 7.95. The molecule has 0 spiro atoms. The minimum atomic E-state index is 0.716. The number of benzene rings is 3. The van der Waals surface area contributed by atoms with E-state index in [1.165, 1.54) is 16.3 Å². The van der Waals surface area contributed by atoms with Crippen molar-refractivity contribution < 1.29 is 14.0 Å². The van der Waals surface area contributed by atoms with E-state index in [-0.39, 0.29) is 0 Å². The summed E-state index contributed by atoms with van der Waals surface area (Å²) in [6.07, 6.45) is 0. The molecule has 0 aliphatic carbocycles. The van der Waals surface area contributed by atoms with Gasteiger partial charge in [-0.1, -0.05) is 41.6 Å². The zero-order valence-corrected chi connectivity index (χ0v) is 23.2. The van der Waals surface area contributed by atoms with Crippen molar-refractivity contribution in [1.29, 1.82) is 0 Å². The number of morpholine rings is 1. The van der Waals surface area contributed by atoms with Gasteiger partial charge in [-0.2, -0.15) is 0 Å². The second kappa shape index (κ2) is 9.73. The van der Waals surface area contributed by atoms with Gasteiger partial charge in [0.1, 0.15) is 23.0 Å². The van der Waals surface area contributed by atoms with E-state index in [2.05, 4.69) is 63.6 Å². The van der Waals surface area contributed by atoms with E-state index in [1.54, 1.807) is 7.11 Å². The number of nitrogens with one attached hydrogen (secondary N) is 1. The quantitative estimate of drug-likeness (QED) is 0.276. The van der Waals surface area contributed by atoms with Crippen LogP contribution in [0.4, 0.5) is 0 Å². The first-order valence-electron chi connectivity index (χ1n) is 13.6. The van der Waals surface area contributed by atoms with Crippen LogP contribution in [0, 0.1) is 20.8 Å². The van der Waals surface area contributed by atoms with Crippen molar-refractivity contribution in [2.75, 3.05) is 33.4 Å². The largest absolute Gasteiger partial charge is 0.496 e. The molecule has 8 nitrogen and oxygen atoms in total. The Balaban J connectivity index is 1.44. The van der Waals surface area contributed by atoms with E-state index in [0.29, 0.717) is 5.82 Å². The highest BCUT2D eigenvalue weighted by Crippen LogP contribution is 2.42. The van der Waals surface area contributed by atoms with Crippen molar-refractivity contribution in [3.8, 4) is 28.1 Å². The molecule has 0 unspecified atom stereocenters. The van der Waals surface area contributed by atoms with E-state index in [1.807, 2.05) is 20.8 Å². The topological polar surface area (TPSA) is 89.3 Å². The van der Waals surface area contributed by atoms with Gasteiger partial charge in [-0.05, 0) is 49.2 Å². The normalized spacial score (nSPS) is 14.5. The Labute approximate surface area is 231 Å². The smallest absolute Gasteiger partial charge is 0.142 e. The Morgan fingerprint density at radius 1 is 0.925 bits per heavy atom. The molecule has 1 N–H and O–H groups in total.